The molecule has 4 nitrogen and oxygen atoms in total. The normalized spacial score (nSPS) is 57.0. The molecule has 2 aliphatic heterocycles. The van der Waals surface area contributed by atoms with Gasteiger partial charge in [-0.05, 0) is 37.5 Å². The lowest BCUT2D eigenvalue weighted by atomic mass is 9.17. The van der Waals surface area contributed by atoms with Crippen molar-refractivity contribution in [2.75, 3.05) is 13.2 Å². The average molecular weight is 304 g/mol. The molecule has 3 aliphatic carbocycles. The van der Waals surface area contributed by atoms with E-state index in [9.17, 15) is 9.59 Å². The SMILES string of the molecule is CCC[C@@H]1C[C@@]23C(=O)OC[C@]24C[C@H](CC)C[C@@]42COC(=O)[C@]123. The summed E-state index contributed by atoms with van der Waals surface area (Å²) in [5, 5.41) is 0. The minimum absolute atomic E-state index is 0.0802. The predicted octanol–water partition coefficient (Wildman–Crippen LogP) is 2.70. The molecule has 5 fully saturated rings. The van der Waals surface area contributed by atoms with Crippen LogP contribution in [-0.2, 0) is 19.1 Å². The second-order valence-electron chi connectivity index (χ2n) is 8.40. The molecule has 5 rings (SSSR count). The molecule has 0 aromatic heterocycles. The van der Waals surface area contributed by atoms with Gasteiger partial charge in [0.1, 0.15) is 0 Å². The molecule has 0 unspecified atom stereocenters. The molecule has 0 bridgehead atoms. The van der Waals surface area contributed by atoms with E-state index in [-0.39, 0.29) is 22.8 Å². The maximum atomic E-state index is 12.9. The molecule has 0 amide bonds. The molecule has 5 aliphatic rings. The van der Waals surface area contributed by atoms with Gasteiger partial charge in [0.05, 0.1) is 24.0 Å². The van der Waals surface area contributed by atoms with Crippen molar-refractivity contribution in [3.63, 3.8) is 0 Å². The molecule has 3 saturated carbocycles. The van der Waals surface area contributed by atoms with Crippen molar-refractivity contribution in [3.8, 4) is 0 Å². The number of carbonyl (C=O) groups excluding carboxylic acids is 2. The minimum atomic E-state index is -0.534. The summed E-state index contributed by atoms with van der Waals surface area (Å²) in [6.07, 6.45) is 6.16. The lowest BCUT2D eigenvalue weighted by Gasteiger charge is -2.79. The zero-order chi connectivity index (χ0) is 15.4. The van der Waals surface area contributed by atoms with Gasteiger partial charge < -0.3 is 9.47 Å². The van der Waals surface area contributed by atoms with Crippen molar-refractivity contribution < 1.29 is 19.1 Å². The minimum Gasteiger partial charge on any atom is -0.465 e. The van der Waals surface area contributed by atoms with Crippen LogP contribution in [0.25, 0.3) is 0 Å². The fraction of sp³-hybridized carbons (Fsp3) is 0.889. The summed E-state index contributed by atoms with van der Waals surface area (Å²) in [6.45, 7) is 5.44. The molecule has 22 heavy (non-hydrogen) atoms. The van der Waals surface area contributed by atoms with Crippen molar-refractivity contribution in [3.05, 3.63) is 0 Å². The number of rotatable bonds is 3. The second kappa shape index (κ2) is 3.54. The van der Waals surface area contributed by atoms with Gasteiger partial charge in [0, 0.05) is 10.8 Å². The van der Waals surface area contributed by atoms with Crippen molar-refractivity contribution in [1.29, 1.82) is 0 Å². The number of ether oxygens (including phenoxy) is 2. The van der Waals surface area contributed by atoms with E-state index in [0.29, 0.717) is 25.0 Å². The Balaban J connectivity index is 1.72. The first-order chi connectivity index (χ1) is 10.6. The third kappa shape index (κ3) is 0.845. The van der Waals surface area contributed by atoms with Gasteiger partial charge in [-0.1, -0.05) is 26.7 Å². The Kier molecular flexibility index (Phi) is 2.15. The van der Waals surface area contributed by atoms with Crippen molar-refractivity contribution in [2.45, 2.75) is 52.4 Å². The molecular formula is C18H24O4. The van der Waals surface area contributed by atoms with Gasteiger partial charge in [0.25, 0.3) is 0 Å². The summed E-state index contributed by atoms with van der Waals surface area (Å²) in [4.78, 5) is 25.6. The zero-order valence-electron chi connectivity index (χ0n) is 13.4. The lowest BCUT2D eigenvalue weighted by Crippen LogP contribution is -2.86. The highest BCUT2D eigenvalue weighted by atomic mass is 16.6. The van der Waals surface area contributed by atoms with E-state index in [1.165, 1.54) is 0 Å². The van der Waals surface area contributed by atoms with Gasteiger partial charge in [-0.15, -0.1) is 0 Å². The van der Waals surface area contributed by atoms with Gasteiger partial charge in [-0.2, -0.15) is 0 Å². The number of carbonyl (C=O) groups is 2. The standard InChI is InChI=1S/C18H24O4/c1-3-5-12-8-17-13(19)21-9-15(17)6-11(4-2)7-16(15)10-22-14(20)18(12,16)17/h11-12H,3-10H2,1-2H3/t11-,12+,15-,16+,17+,18+/m0/s1. The van der Waals surface area contributed by atoms with Crippen LogP contribution >= 0.6 is 0 Å². The van der Waals surface area contributed by atoms with E-state index < -0.39 is 10.8 Å². The predicted molar refractivity (Wildman–Crippen MR) is 77.7 cm³/mol. The van der Waals surface area contributed by atoms with Gasteiger partial charge in [-0.25, -0.2) is 0 Å². The van der Waals surface area contributed by atoms with Crippen molar-refractivity contribution >= 4 is 11.9 Å². The molecule has 0 N–H and O–H groups in total. The Bertz CT molecular complexity index is 600. The van der Waals surface area contributed by atoms with Crippen molar-refractivity contribution in [2.24, 2.45) is 33.5 Å². The Hall–Kier alpha value is -1.06. The van der Waals surface area contributed by atoms with Crippen LogP contribution in [-0.4, -0.2) is 25.2 Å². The van der Waals surface area contributed by atoms with Gasteiger partial charge in [-0.3, -0.25) is 9.59 Å². The molecule has 4 heteroatoms. The second-order valence-corrected chi connectivity index (χ2v) is 8.40. The maximum absolute atomic E-state index is 12.9. The highest BCUT2D eigenvalue weighted by molar-refractivity contribution is 5.99. The molecule has 2 saturated heterocycles. The number of cyclic esters (lactones) is 2. The fourth-order valence-electron chi connectivity index (χ4n) is 7.96. The summed E-state index contributed by atoms with van der Waals surface area (Å²) in [5.41, 5.74) is -1.28. The molecule has 0 aromatic carbocycles. The van der Waals surface area contributed by atoms with E-state index in [1.807, 2.05) is 0 Å². The van der Waals surface area contributed by atoms with E-state index in [1.54, 1.807) is 0 Å². The molecule has 2 heterocycles. The van der Waals surface area contributed by atoms with Crippen LogP contribution in [0.5, 0.6) is 0 Å². The largest absolute Gasteiger partial charge is 0.465 e. The van der Waals surface area contributed by atoms with Crippen LogP contribution in [0.2, 0.25) is 0 Å². The molecule has 0 radical (unpaired) electrons. The molecular weight excluding hydrogens is 280 g/mol. The lowest BCUT2D eigenvalue weighted by molar-refractivity contribution is -0.348. The molecule has 6 atom stereocenters. The van der Waals surface area contributed by atoms with Gasteiger partial charge in [0.2, 0.25) is 0 Å². The topological polar surface area (TPSA) is 52.6 Å². The summed E-state index contributed by atoms with van der Waals surface area (Å²) in [5.74, 6) is 0.752. The van der Waals surface area contributed by atoms with E-state index in [2.05, 4.69) is 13.8 Å². The van der Waals surface area contributed by atoms with Crippen LogP contribution < -0.4 is 0 Å². The number of esters is 2. The van der Waals surface area contributed by atoms with Gasteiger partial charge in [0.15, 0.2) is 0 Å². The summed E-state index contributed by atoms with van der Waals surface area (Å²) >= 11 is 0. The summed E-state index contributed by atoms with van der Waals surface area (Å²) in [6, 6.07) is 0. The van der Waals surface area contributed by atoms with Crippen LogP contribution in [0.15, 0.2) is 0 Å². The van der Waals surface area contributed by atoms with E-state index in [4.69, 9.17) is 9.47 Å². The Morgan fingerprint density at radius 2 is 1.68 bits per heavy atom. The van der Waals surface area contributed by atoms with E-state index >= 15 is 0 Å². The smallest absolute Gasteiger partial charge is 0.314 e. The molecule has 120 valence electrons. The summed E-state index contributed by atoms with van der Waals surface area (Å²) < 4.78 is 11.3. The Morgan fingerprint density at radius 3 is 2.41 bits per heavy atom. The van der Waals surface area contributed by atoms with Crippen LogP contribution in [0.4, 0.5) is 0 Å². The van der Waals surface area contributed by atoms with Crippen LogP contribution in [0.3, 0.4) is 0 Å². The van der Waals surface area contributed by atoms with E-state index in [0.717, 1.165) is 38.5 Å². The number of hydrogen-bond acceptors (Lipinski definition) is 4. The highest BCUT2D eigenvalue weighted by Gasteiger charge is 3.03. The fourth-order valence-corrected chi connectivity index (χ4v) is 7.96. The Morgan fingerprint density at radius 1 is 1.00 bits per heavy atom. The monoisotopic (exact) mass is 304 g/mol. The maximum Gasteiger partial charge on any atom is 0.314 e. The first-order valence-corrected chi connectivity index (χ1v) is 8.91. The molecule has 0 aromatic rings. The first-order valence-electron chi connectivity index (χ1n) is 8.91. The number of hydrogen-bond donors (Lipinski definition) is 0. The third-order valence-electron chi connectivity index (χ3n) is 8.38. The first kappa shape index (κ1) is 13.4. The summed E-state index contributed by atoms with van der Waals surface area (Å²) in [7, 11) is 0. The highest BCUT2D eigenvalue weighted by Crippen LogP contribution is 2.97. The Labute approximate surface area is 130 Å². The average Bonchev–Trinajstić information content (AvgIpc) is 3.06. The molecule has 4 spiro atoms. The van der Waals surface area contributed by atoms with Crippen molar-refractivity contribution in [1.82, 2.24) is 0 Å². The quantitative estimate of drug-likeness (QED) is 0.752. The van der Waals surface area contributed by atoms with Gasteiger partial charge >= 0.3 is 11.9 Å². The van der Waals surface area contributed by atoms with Crippen LogP contribution in [0.1, 0.15) is 52.4 Å². The van der Waals surface area contributed by atoms with Crippen LogP contribution in [0, 0.1) is 33.5 Å². The third-order valence-corrected chi connectivity index (χ3v) is 8.38. The zero-order valence-corrected chi connectivity index (χ0v) is 13.4.